The maximum absolute atomic E-state index is 13.0. The number of hydrogen-bond donors (Lipinski definition) is 0. The number of ether oxygens (including phenoxy) is 1. The Morgan fingerprint density at radius 3 is 1.82 bits per heavy atom. The van der Waals surface area contributed by atoms with Crippen molar-refractivity contribution in [3.8, 4) is 0 Å². The van der Waals surface area contributed by atoms with E-state index in [-0.39, 0.29) is 18.0 Å². The second kappa shape index (κ2) is 16.6. The lowest BCUT2D eigenvalue weighted by atomic mass is 9.94. The average Bonchev–Trinajstić information content (AvgIpc) is 2.72. The van der Waals surface area contributed by atoms with Gasteiger partial charge in [0.1, 0.15) is 6.10 Å². The van der Waals surface area contributed by atoms with Gasteiger partial charge in [-0.05, 0) is 24.8 Å². The lowest BCUT2D eigenvalue weighted by Crippen LogP contribution is -2.21. The Kier molecular flexibility index (Phi) is 14.7. The van der Waals surface area contributed by atoms with E-state index in [0.717, 1.165) is 44.1 Å². The van der Waals surface area contributed by atoms with Crippen LogP contribution in [-0.2, 0) is 9.53 Å². The van der Waals surface area contributed by atoms with Crippen molar-refractivity contribution in [3.63, 3.8) is 0 Å². The molecule has 160 valence electrons. The van der Waals surface area contributed by atoms with Gasteiger partial charge in [-0.15, -0.1) is 0 Å². The first-order valence-corrected chi connectivity index (χ1v) is 12.0. The van der Waals surface area contributed by atoms with Gasteiger partial charge in [0, 0.05) is 0 Å². The molecule has 0 aromatic heterocycles. The molecule has 0 radical (unpaired) electrons. The molecule has 0 spiro atoms. The first-order valence-electron chi connectivity index (χ1n) is 12.0. The van der Waals surface area contributed by atoms with Crippen LogP contribution in [0, 0.1) is 5.92 Å². The van der Waals surface area contributed by atoms with Gasteiger partial charge in [0.05, 0.1) is 5.92 Å². The number of benzene rings is 1. The van der Waals surface area contributed by atoms with E-state index in [1.54, 1.807) is 0 Å². The zero-order valence-corrected chi connectivity index (χ0v) is 18.8. The predicted octanol–water partition coefficient (Wildman–Crippen LogP) is 8.41. The summed E-state index contributed by atoms with van der Waals surface area (Å²) in [5.41, 5.74) is 1.13. The van der Waals surface area contributed by atoms with E-state index in [1.807, 2.05) is 18.2 Å². The van der Waals surface area contributed by atoms with Crippen LogP contribution >= 0.6 is 0 Å². The molecule has 0 aliphatic rings. The molecule has 0 bridgehead atoms. The van der Waals surface area contributed by atoms with Crippen LogP contribution in [0.15, 0.2) is 30.3 Å². The Balaban J connectivity index is 2.58. The van der Waals surface area contributed by atoms with Gasteiger partial charge in [-0.25, -0.2) is 0 Å². The van der Waals surface area contributed by atoms with E-state index in [9.17, 15) is 4.79 Å². The highest BCUT2D eigenvalue weighted by Gasteiger charge is 2.23. The van der Waals surface area contributed by atoms with Gasteiger partial charge in [0.25, 0.3) is 0 Å². The standard InChI is InChI=1S/C26H44O2/c1-4-7-9-11-12-15-22-24(21-14-10-8-5-2)26(27)28-25(18-6-3)23-19-16-13-17-20-23/h13,16-17,19-20,24-25H,4-12,14-15,18,21-22H2,1-3H3. The summed E-state index contributed by atoms with van der Waals surface area (Å²) in [6.45, 7) is 6.64. The van der Waals surface area contributed by atoms with E-state index >= 15 is 0 Å². The van der Waals surface area contributed by atoms with Gasteiger partial charge in [0.15, 0.2) is 0 Å². The number of unbranched alkanes of at least 4 members (excludes halogenated alkanes) is 8. The number of esters is 1. The minimum absolute atomic E-state index is 0.0346. The normalized spacial score (nSPS) is 13.2. The molecule has 1 aromatic carbocycles. The summed E-state index contributed by atoms with van der Waals surface area (Å²) in [6.07, 6.45) is 16.3. The second-order valence-corrected chi connectivity index (χ2v) is 8.23. The number of carbonyl (C=O) groups excluding carboxylic acids is 1. The van der Waals surface area contributed by atoms with Crippen molar-refractivity contribution in [1.29, 1.82) is 0 Å². The Morgan fingerprint density at radius 2 is 1.25 bits per heavy atom. The third-order valence-electron chi connectivity index (χ3n) is 5.63. The predicted molar refractivity (Wildman–Crippen MR) is 120 cm³/mol. The molecule has 0 fully saturated rings. The highest BCUT2D eigenvalue weighted by Crippen LogP contribution is 2.27. The van der Waals surface area contributed by atoms with Crippen LogP contribution in [0.5, 0.6) is 0 Å². The highest BCUT2D eigenvalue weighted by molar-refractivity contribution is 5.72. The Morgan fingerprint density at radius 1 is 0.714 bits per heavy atom. The van der Waals surface area contributed by atoms with Gasteiger partial charge >= 0.3 is 5.97 Å². The fraction of sp³-hybridized carbons (Fsp3) is 0.731. The molecule has 1 aromatic rings. The molecule has 0 amide bonds. The minimum atomic E-state index is -0.0959. The van der Waals surface area contributed by atoms with Gasteiger partial charge in [-0.3, -0.25) is 4.79 Å². The number of carbonyl (C=O) groups is 1. The molecule has 0 aliphatic carbocycles. The van der Waals surface area contributed by atoms with Crippen molar-refractivity contribution in [2.24, 2.45) is 5.92 Å². The third kappa shape index (κ3) is 10.9. The third-order valence-corrected chi connectivity index (χ3v) is 5.63. The lowest BCUT2D eigenvalue weighted by molar-refractivity contribution is -0.155. The maximum atomic E-state index is 13.0. The van der Waals surface area contributed by atoms with Crippen LogP contribution in [0.2, 0.25) is 0 Å². The maximum Gasteiger partial charge on any atom is 0.309 e. The van der Waals surface area contributed by atoms with Crippen molar-refractivity contribution in [2.75, 3.05) is 0 Å². The van der Waals surface area contributed by atoms with E-state index in [1.165, 1.54) is 51.4 Å². The molecule has 1 rings (SSSR count). The zero-order chi connectivity index (χ0) is 20.5. The average molecular weight is 389 g/mol. The van der Waals surface area contributed by atoms with Crippen molar-refractivity contribution in [2.45, 2.75) is 117 Å². The molecule has 0 heterocycles. The van der Waals surface area contributed by atoms with Crippen molar-refractivity contribution < 1.29 is 9.53 Å². The largest absolute Gasteiger partial charge is 0.457 e. The molecule has 2 nitrogen and oxygen atoms in total. The summed E-state index contributed by atoms with van der Waals surface area (Å²) in [4.78, 5) is 13.0. The van der Waals surface area contributed by atoms with E-state index in [4.69, 9.17) is 4.74 Å². The monoisotopic (exact) mass is 388 g/mol. The zero-order valence-electron chi connectivity index (χ0n) is 18.8. The van der Waals surface area contributed by atoms with Crippen LogP contribution in [0.1, 0.15) is 122 Å². The molecule has 0 aliphatic heterocycles. The van der Waals surface area contributed by atoms with Crippen molar-refractivity contribution in [1.82, 2.24) is 0 Å². The van der Waals surface area contributed by atoms with E-state index < -0.39 is 0 Å². The Hall–Kier alpha value is -1.31. The molecule has 2 atom stereocenters. The second-order valence-electron chi connectivity index (χ2n) is 8.23. The van der Waals surface area contributed by atoms with Crippen LogP contribution in [0.25, 0.3) is 0 Å². The van der Waals surface area contributed by atoms with Gasteiger partial charge in [-0.2, -0.15) is 0 Å². The molecule has 0 saturated heterocycles. The van der Waals surface area contributed by atoms with Crippen LogP contribution < -0.4 is 0 Å². The smallest absolute Gasteiger partial charge is 0.309 e. The fourth-order valence-corrected chi connectivity index (χ4v) is 3.83. The van der Waals surface area contributed by atoms with Crippen molar-refractivity contribution >= 4 is 5.97 Å². The fourth-order valence-electron chi connectivity index (χ4n) is 3.83. The van der Waals surface area contributed by atoms with Crippen molar-refractivity contribution in [3.05, 3.63) is 35.9 Å². The Bertz CT molecular complexity index is 482. The summed E-state index contributed by atoms with van der Waals surface area (Å²) in [6, 6.07) is 10.2. The SMILES string of the molecule is CCCCCCCCC(CCCCCC)C(=O)OC(CCC)c1ccccc1. The first-order chi connectivity index (χ1) is 13.7. The quantitative estimate of drug-likeness (QED) is 0.198. The topological polar surface area (TPSA) is 26.3 Å². The summed E-state index contributed by atoms with van der Waals surface area (Å²) >= 11 is 0. The van der Waals surface area contributed by atoms with Crippen LogP contribution in [0.3, 0.4) is 0 Å². The van der Waals surface area contributed by atoms with Gasteiger partial charge in [-0.1, -0.05) is 122 Å². The molecule has 28 heavy (non-hydrogen) atoms. The summed E-state index contributed by atoms with van der Waals surface area (Å²) < 4.78 is 6.05. The number of hydrogen-bond acceptors (Lipinski definition) is 2. The summed E-state index contributed by atoms with van der Waals surface area (Å²) in [5.74, 6) is 0.110. The first kappa shape index (κ1) is 24.7. The summed E-state index contributed by atoms with van der Waals surface area (Å²) in [7, 11) is 0. The lowest BCUT2D eigenvalue weighted by Gasteiger charge is -2.22. The molecule has 0 saturated carbocycles. The molecule has 0 N–H and O–H groups in total. The Labute approximate surface area is 174 Å². The minimum Gasteiger partial charge on any atom is -0.457 e. The van der Waals surface area contributed by atoms with Gasteiger partial charge in [0.2, 0.25) is 0 Å². The summed E-state index contributed by atoms with van der Waals surface area (Å²) in [5, 5.41) is 0. The number of rotatable bonds is 17. The molecule has 2 heteroatoms. The van der Waals surface area contributed by atoms with E-state index in [2.05, 4.69) is 32.9 Å². The highest BCUT2D eigenvalue weighted by atomic mass is 16.5. The molecular formula is C26H44O2. The van der Waals surface area contributed by atoms with Crippen LogP contribution in [0.4, 0.5) is 0 Å². The molecule has 2 unspecified atom stereocenters. The molecular weight excluding hydrogens is 344 g/mol. The van der Waals surface area contributed by atoms with Crippen LogP contribution in [-0.4, -0.2) is 5.97 Å². The van der Waals surface area contributed by atoms with E-state index in [0.29, 0.717) is 0 Å². The van der Waals surface area contributed by atoms with Gasteiger partial charge < -0.3 is 4.74 Å².